The topological polar surface area (TPSA) is 41.1 Å². The zero-order chi connectivity index (χ0) is 15.2. The molecular weight excluding hydrogens is 335 g/mol. The molecule has 1 atom stereocenters. The van der Waals surface area contributed by atoms with E-state index in [9.17, 15) is 9.18 Å². The van der Waals surface area contributed by atoms with E-state index in [1.807, 2.05) is 37.3 Å². The van der Waals surface area contributed by atoms with Crippen LogP contribution in [-0.4, -0.2) is 12.5 Å². The lowest BCUT2D eigenvalue weighted by molar-refractivity contribution is -0.115. The molecular formula is C16H16BrFN2O. The molecule has 0 unspecified atom stereocenters. The predicted molar refractivity (Wildman–Crippen MR) is 85.6 cm³/mol. The van der Waals surface area contributed by atoms with Gasteiger partial charge in [0, 0.05) is 10.5 Å². The number of carbonyl (C=O) groups is 1. The first-order valence-corrected chi connectivity index (χ1v) is 7.39. The van der Waals surface area contributed by atoms with Crippen molar-refractivity contribution in [2.24, 2.45) is 0 Å². The molecule has 2 N–H and O–H groups in total. The molecule has 0 spiro atoms. The Kier molecular flexibility index (Phi) is 5.47. The molecule has 0 saturated heterocycles. The smallest absolute Gasteiger partial charge is 0.238 e. The van der Waals surface area contributed by atoms with Crippen molar-refractivity contribution in [1.82, 2.24) is 5.32 Å². The number of hydrogen-bond acceptors (Lipinski definition) is 2. The highest BCUT2D eigenvalue weighted by Crippen LogP contribution is 2.19. The molecule has 0 aromatic heterocycles. The van der Waals surface area contributed by atoms with Crippen LogP contribution in [0, 0.1) is 5.82 Å². The van der Waals surface area contributed by atoms with E-state index in [2.05, 4.69) is 26.6 Å². The van der Waals surface area contributed by atoms with Crippen LogP contribution in [0.5, 0.6) is 0 Å². The monoisotopic (exact) mass is 350 g/mol. The number of carbonyl (C=O) groups excluding carboxylic acids is 1. The largest absolute Gasteiger partial charge is 0.322 e. The highest BCUT2D eigenvalue weighted by atomic mass is 79.9. The SMILES string of the molecule is C[C@@H](NCC(=O)Nc1ccc(Br)cc1F)c1ccccc1. The van der Waals surface area contributed by atoms with Gasteiger partial charge in [0.1, 0.15) is 5.82 Å². The summed E-state index contributed by atoms with van der Waals surface area (Å²) in [7, 11) is 0. The van der Waals surface area contributed by atoms with Gasteiger partial charge in [0.25, 0.3) is 0 Å². The molecule has 3 nitrogen and oxygen atoms in total. The van der Waals surface area contributed by atoms with Crippen LogP contribution in [0.1, 0.15) is 18.5 Å². The maximum atomic E-state index is 13.6. The summed E-state index contributed by atoms with van der Waals surface area (Å²) in [5.41, 5.74) is 1.28. The Bertz CT molecular complexity index is 619. The Morgan fingerprint density at radius 3 is 2.62 bits per heavy atom. The third-order valence-electron chi connectivity index (χ3n) is 3.07. The molecule has 21 heavy (non-hydrogen) atoms. The molecule has 2 rings (SSSR count). The molecule has 5 heteroatoms. The summed E-state index contributed by atoms with van der Waals surface area (Å²) in [4.78, 5) is 11.8. The second kappa shape index (κ2) is 7.33. The third kappa shape index (κ3) is 4.65. The third-order valence-corrected chi connectivity index (χ3v) is 3.57. The van der Waals surface area contributed by atoms with Crippen LogP contribution in [0.4, 0.5) is 10.1 Å². The van der Waals surface area contributed by atoms with E-state index >= 15 is 0 Å². The number of benzene rings is 2. The fourth-order valence-electron chi connectivity index (χ4n) is 1.89. The minimum Gasteiger partial charge on any atom is -0.322 e. The first kappa shape index (κ1) is 15.7. The van der Waals surface area contributed by atoms with E-state index in [1.165, 1.54) is 12.1 Å². The average Bonchev–Trinajstić information content (AvgIpc) is 2.48. The zero-order valence-corrected chi connectivity index (χ0v) is 13.2. The van der Waals surface area contributed by atoms with Crippen molar-refractivity contribution in [3.05, 3.63) is 64.4 Å². The normalized spacial score (nSPS) is 12.0. The van der Waals surface area contributed by atoms with Gasteiger partial charge in [-0.25, -0.2) is 4.39 Å². The molecule has 0 aliphatic heterocycles. The van der Waals surface area contributed by atoms with Gasteiger partial charge in [-0.15, -0.1) is 0 Å². The maximum Gasteiger partial charge on any atom is 0.238 e. The first-order valence-electron chi connectivity index (χ1n) is 6.59. The molecule has 0 radical (unpaired) electrons. The van der Waals surface area contributed by atoms with Crippen LogP contribution < -0.4 is 10.6 Å². The average molecular weight is 351 g/mol. The van der Waals surface area contributed by atoms with Gasteiger partial charge in [-0.1, -0.05) is 46.3 Å². The molecule has 0 aliphatic carbocycles. The summed E-state index contributed by atoms with van der Waals surface area (Å²) in [5.74, 6) is -0.743. The highest BCUT2D eigenvalue weighted by Gasteiger charge is 2.09. The summed E-state index contributed by atoms with van der Waals surface area (Å²) in [6, 6.07) is 14.4. The molecule has 0 heterocycles. The molecule has 110 valence electrons. The Balaban J connectivity index is 1.87. The molecule has 1 amide bonds. The van der Waals surface area contributed by atoms with Crippen molar-refractivity contribution in [2.75, 3.05) is 11.9 Å². The first-order chi connectivity index (χ1) is 10.1. The molecule has 2 aromatic rings. The van der Waals surface area contributed by atoms with Crippen molar-refractivity contribution >= 4 is 27.5 Å². The summed E-state index contributed by atoms with van der Waals surface area (Å²) >= 11 is 3.17. The predicted octanol–water partition coefficient (Wildman–Crippen LogP) is 3.88. The van der Waals surface area contributed by atoms with Gasteiger partial charge in [0.15, 0.2) is 0 Å². The van der Waals surface area contributed by atoms with Gasteiger partial charge in [0.05, 0.1) is 12.2 Å². The Morgan fingerprint density at radius 1 is 1.24 bits per heavy atom. The van der Waals surface area contributed by atoms with Crippen LogP contribution in [0.3, 0.4) is 0 Å². The lowest BCUT2D eigenvalue weighted by Crippen LogP contribution is -2.30. The molecule has 0 aliphatic rings. The van der Waals surface area contributed by atoms with Gasteiger partial charge < -0.3 is 10.6 Å². The van der Waals surface area contributed by atoms with Crippen molar-refractivity contribution < 1.29 is 9.18 Å². The van der Waals surface area contributed by atoms with E-state index in [4.69, 9.17) is 0 Å². The van der Waals surface area contributed by atoms with Crippen LogP contribution in [0.15, 0.2) is 53.0 Å². The quantitative estimate of drug-likeness (QED) is 0.859. The number of amides is 1. The van der Waals surface area contributed by atoms with E-state index in [0.29, 0.717) is 4.47 Å². The molecule has 0 fully saturated rings. The van der Waals surface area contributed by atoms with Crippen LogP contribution in [0.25, 0.3) is 0 Å². The van der Waals surface area contributed by atoms with E-state index in [0.717, 1.165) is 5.56 Å². The number of anilines is 1. The lowest BCUT2D eigenvalue weighted by Gasteiger charge is -2.14. The van der Waals surface area contributed by atoms with Crippen LogP contribution in [0.2, 0.25) is 0 Å². The molecule has 0 bridgehead atoms. The van der Waals surface area contributed by atoms with E-state index in [1.54, 1.807) is 6.07 Å². The molecule has 0 saturated carbocycles. The number of nitrogens with one attached hydrogen (secondary N) is 2. The minimum absolute atomic E-state index is 0.0479. The van der Waals surface area contributed by atoms with Crippen LogP contribution >= 0.6 is 15.9 Å². The number of halogens is 2. The number of rotatable bonds is 5. The Hall–Kier alpha value is -1.72. The summed E-state index contributed by atoms with van der Waals surface area (Å²) in [5, 5.41) is 5.65. The van der Waals surface area contributed by atoms with Crippen molar-refractivity contribution in [1.29, 1.82) is 0 Å². The van der Waals surface area contributed by atoms with Gasteiger partial charge >= 0.3 is 0 Å². The van der Waals surface area contributed by atoms with Crippen molar-refractivity contribution in [2.45, 2.75) is 13.0 Å². The van der Waals surface area contributed by atoms with Gasteiger partial charge in [-0.05, 0) is 30.7 Å². The summed E-state index contributed by atoms with van der Waals surface area (Å²) in [6.07, 6.45) is 0. The lowest BCUT2D eigenvalue weighted by atomic mass is 10.1. The van der Waals surface area contributed by atoms with Crippen molar-refractivity contribution in [3.63, 3.8) is 0 Å². The fourth-order valence-corrected chi connectivity index (χ4v) is 2.22. The summed E-state index contributed by atoms with van der Waals surface area (Å²) < 4.78 is 14.2. The molecule has 2 aromatic carbocycles. The fraction of sp³-hybridized carbons (Fsp3) is 0.188. The maximum absolute atomic E-state index is 13.6. The van der Waals surface area contributed by atoms with Crippen LogP contribution in [-0.2, 0) is 4.79 Å². The second-order valence-corrected chi connectivity index (χ2v) is 5.60. The highest BCUT2D eigenvalue weighted by molar-refractivity contribution is 9.10. The van der Waals surface area contributed by atoms with Gasteiger partial charge in [-0.3, -0.25) is 4.79 Å². The Labute approximate surface area is 131 Å². The van der Waals surface area contributed by atoms with E-state index < -0.39 is 5.82 Å². The standard InChI is InChI=1S/C16H16BrFN2O/c1-11(12-5-3-2-4-6-12)19-10-16(21)20-15-8-7-13(17)9-14(15)18/h2-9,11,19H,10H2,1H3,(H,20,21)/t11-/m1/s1. The van der Waals surface area contributed by atoms with Gasteiger partial charge in [-0.2, -0.15) is 0 Å². The zero-order valence-electron chi connectivity index (χ0n) is 11.6. The summed E-state index contributed by atoms with van der Waals surface area (Å²) in [6.45, 7) is 2.09. The van der Waals surface area contributed by atoms with Gasteiger partial charge in [0.2, 0.25) is 5.91 Å². The second-order valence-electron chi connectivity index (χ2n) is 4.69. The van der Waals surface area contributed by atoms with Crippen molar-refractivity contribution in [3.8, 4) is 0 Å². The Morgan fingerprint density at radius 2 is 1.95 bits per heavy atom. The number of hydrogen-bond donors (Lipinski definition) is 2. The van der Waals surface area contributed by atoms with E-state index in [-0.39, 0.29) is 24.2 Å². The minimum atomic E-state index is -0.464.